The molecule has 0 aliphatic heterocycles. The van der Waals surface area contributed by atoms with Gasteiger partial charge in [-0.05, 0) is 49.1 Å². The average molecular weight is 325 g/mol. The van der Waals surface area contributed by atoms with Crippen LogP contribution in [0, 0.1) is 6.92 Å². The third-order valence-corrected chi connectivity index (χ3v) is 5.13. The largest absolute Gasteiger partial charge is 0.361 e. The number of aromatic amines is 1. The Kier molecular flexibility index (Phi) is 3.20. The van der Waals surface area contributed by atoms with Crippen LogP contribution in [0.2, 0.25) is 5.02 Å². The van der Waals surface area contributed by atoms with E-state index in [1.165, 1.54) is 0 Å². The molecule has 1 aliphatic carbocycles. The molecule has 4 rings (SSSR count). The zero-order valence-electron chi connectivity index (χ0n) is 12.8. The van der Waals surface area contributed by atoms with Gasteiger partial charge in [-0.1, -0.05) is 35.9 Å². The van der Waals surface area contributed by atoms with E-state index in [-0.39, 0.29) is 5.91 Å². The fraction of sp³-hybridized carbons (Fsp3) is 0.211. The van der Waals surface area contributed by atoms with Crippen molar-refractivity contribution in [2.75, 3.05) is 5.32 Å². The van der Waals surface area contributed by atoms with E-state index in [1.54, 1.807) is 6.07 Å². The number of H-pyrrole nitrogens is 1. The van der Waals surface area contributed by atoms with Crippen molar-refractivity contribution < 1.29 is 4.79 Å². The minimum atomic E-state index is -0.420. The van der Waals surface area contributed by atoms with Crippen LogP contribution in [0.25, 0.3) is 10.9 Å². The molecule has 1 fully saturated rings. The summed E-state index contributed by atoms with van der Waals surface area (Å²) in [5, 5.41) is 4.82. The number of hydrogen-bond donors (Lipinski definition) is 2. The van der Waals surface area contributed by atoms with Gasteiger partial charge in [0.1, 0.15) is 0 Å². The molecule has 3 aromatic rings. The van der Waals surface area contributed by atoms with Crippen LogP contribution in [-0.4, -0.2) is 10.9 Å². The maximum absolute atomic E-state index is 12.9. The average Bonchev–Trinajstić information content (AvgIpc) is 3.24. The Labute approximate surface area is 139 Å². The Morgan fingerprint density at radius 1 is 1.22 bits per heavy atom. The lowest BCUT2D eigenvalue weighted by molar-refractivity contribution is -0.118. The topological polar surface area (TPSA) is 44.9 Å². The van der Waals surface area contributed by atoms with Crippen molar-refractivity contribution in [3.63, 3.8) is 0 Å². The quantitative estimate of drug-likeness (QED) is 0.714. The zero-order valence-corrected chi connectivity index (χ0v) is 13.6. The molecule has 3 nitrogen and oxygen atoms in total. The molecule has 2 aromatic carbocycles. The van der Waals surface area contributed by atoms with Crippen molar-refractivity contribution in [1.82, 2.24) is 4.98 Å². The zero-order chi connectivity index (χ0) is 16.0. The maximum atomic E-state index is 12.9. The molecule has 116 valence electrons. The summed E-state index contributed by atoms with van der Waals surface area (Å²) in [6.45, 7) is 1.95. The van der Waals surface area contributed by atoms with Gasteiger partial charge in [0.15, 0.2) is 0 Å². The number of halogens is 1. The van der Waals surface area contributed by atoms with Crippen LogP contribution in [0.4, 0.5) is 5.69 Å². The van der Waals surface area contributed by atoms with Crippen molar-refractivity contribution in [2.45, 2.75) is 25.2 Å². The lowest BCUT2D eigenvalue weighted by Crippen LogP contribution is -2.27. The van der Waals surface area contributed by atoms with Gasteiger partial charge in [-0.25, -0.2) is 0 Å². The lowest BCUT2D eigenvalue weighted by atomic mass is 9.94. The normalized spacial score (nSPS) is 15.6. The second kappa shape index (κ2) is 5.14. The number of anilines is 1. The Balaban J connectivity index is 1.66. The molecule has 0 saturated heterocycles. The predicted molar refractivity (Wildman–Crippen MR) is 94.0 cm³/mol. The fourth-order valence-corrected chi connectivity index (χ4v) is 3.31. The highest BCUT2D eigenvalue weighted by Gasteiger charge is 2.52. The van der Waals surface area contributed by atoms with E-state index in [2.05, 4.69) is 16.4 Å². The van der Waals surface area contributed by atoms with E-state index < -0.39 is 5.41 Å². The van der Waals surface area contributed by atoms with E-state index in [1.807, 2.05) is 43.5 Å². The van der Waals surface area contributed by atoms with Crippen LogP contribution in [0.3, 0.4) is 0 Å². The van der Waals surface area contributed by atoms with Gasteiger partial charge in [-0.3, -0.25) is 4.79 Å². The van der Waals surface area contributed by atoms with Crippen LogP contribution in [0.1, 0.15) is 24.0 Å². The second-order valence-electron chi connectivity index (χ2n) is 6.25. The summed E-state index contributed by atoms with van der Waals surface area (Å²) in [6, 6.07) is 13.7. The highest BCUT2D eigenvalue weighted by atomic mass is 35.5. The summed E-state index contributed by atoms with van der Waals surface area (Å²) >= 11 is 6.15. The molecule has 0 unspecified atom stereocenters. The number of para-hydroxylation sites is 1. The summed E-state index contributed by atoms with van der Waals surface area (Å²) in [5.74, 6) is 0.0437. The van der Waals surface area contributed by atoms with E-state index in [0.29, 0.717) is 5.02 Å². The third kappa shape index (κ3) is 2.32. The minimum Gasteiger partial charge on any atom is -0.361 e. The third-order valence-electron chi connectivity index (χ3n) is 4.72. The number of hydrogen-bond acceptors (Lipinski definition) is 1. The number of rotatable bonds is 3. The van der Waals surface area contributed by atoms with Crippen LogP contribution in [0.15, 0.2) is 48.7 Å². The molecular formula is C19H17ClN2O. The number of aryl methyl sites for hydroxylation is 1. The molecule has 1 aliphatic rings. The maximum Gasteiger partial charge on any atom is 0.235 e. The standard InChI is InChI=1S/C19H17ClN2O/c1-12-6-7-13(10-16(12)20)22-18(23)19(8-9-19)15-11-21-17-5-3-2-4-14(15)17/h2-7,10-11,21H,8-9H2,1H3,(H,22,23). The monoisotopic (exact) mass is 324 g/mol. The minimum absolute atomic E-state index is 0.0437. The van der Waals surface area contributed by atoms with Crippen LogP contribution >= 0.6 is 11.6 Å². The molecule has 23 heavy (non-hydrogen) atoms. The summed E-state index contributed by atoms with van der Waals surface area (Å²) in [6.07, 6.45) is 3.72. The molecule has 1 saturated carbocycles. The van der Waals surface area contributed by atoms with Gasteiger partial charge >= 0.3 is 0 Å². The molecular weight excluding hydrogens is 308 g/mol. The lowest BCUT2D eigenvalue weighted by Gasteiger charge is -2.15. The van der Waals surface area contributed by atoms with Gasteiger partial charge in [0.05, 0.1) is 5.41 Å². The highest BCUT2D eigenvalue weighted by Crippen LogP contribution is 2.51. The van der Waals surface area contributed by atoms with Gasteiger partial charge in [0.2, 0.25) is 5.91 Å². The summed E-state index contributed by atoms with van der Waals surface area (Å²) in [4.78, 5) is 16.1. The molecule has 0 atom stereocenters. The van der Waals surface area contributed by atoms with Crippen LogP contribution in [0.5, 0.6) is 0 Å². The van der Waals surface area contributed by atoms with Crippen LogP contribution in [-0.2, 0) is 10.2 Å². The molecule has 0 radical (unpaired) electrons. The van der Waals surface area contributed by atoms with E-state index in [0.717, 1.165) is 40.6 Å². The molecule has 0 spiro atoms. The van der Waals surface area contributed by atoms with Crippen molar-refractivity contribution in [3.05, 3.63) is 64.8 Å². The molecule has 1 heterocycles. The molecule has 1 amide bonds. The van der Waals surface area contributed by atoms with Gasteiger partial charge in [-0.2, -0.15) is 0 Å². The Morgan fingerprint density at radius 2 is 2.00 bits per heavy atom. The molecule has 4 heteroatoms. The highest BCUT2D eigenvalue weighted by molar-refractivity contribution is 6.31. The van der Waals surface area contributed by atoms with Crippen LogP contribution < -0.4 is 5.32 Å². The van der Waals surface area contributed by atoms with Gasteiger partial charge in [-0.15, -0.1) is 0 Å². The number of aromatic nitrogens is 1. The van der Waals surface area contributed by atoms with Gasteiger partial charge in [0, 0.05) is 27.8 Å². The second-order valence-corrected chi connectivity index (χ2v) is 6.66. The SMILES string of the molecule is Cc1ccc(NC(=O)C2(c3c[nH]c4ccccc34)CC2)cc1Cl. The number of carbonyl (C=O) groups is 1. The number of fused-ring (bicyclic) bond motifs is 1. The molecule has 1 aromatic heterocycles. The van der Waals surface area contributed by atoms with E-state index in [9.17, 15) is 4.79 Å². The Morgan fingerprint density at radius 3 is 2.74 bits per heavy atom. The fourth-order valence-electron chi connectivity index (χ4n) is 3.13. The smallest absolute Gasteiger partial charge is 0.235 e. The first-order valence-corrected chi connectivity index (χ1v) is 8.12. The van der Waals surface area contributed by atoms with Gasteiger partial charge < -0.3 is 10.3 Å². The number of benzene rings is 2. The number of carbonyl (C=O) groups excluding carboxylic acids is 1. The van der Waals surface area contributed by atoms with Crippen molar-refractivity contribution >= 4 is 34.1 Å². The van der Waals surface area contributed by atoms with E-state index >= 15 is 0 Å². The van der Waals surface area contributed by atoms with Gasteiger partial charge in [0.25, 0.3) is 0 Å². The van der Waals surface area contributed by atoms with Crippen molar-refractivity contribution in [3.8, 4) is 0 Å². The van der Waals surface area contributed by atoms with Crippen molar-refractivity contribution in [2.24, 2.45) is 0 Å². The Bertz CT molecular complexity index is 909. The molecule has 0 bridgehead atoms. The first-order chi connectivity index (χ1) is 11.1. The summed E-state index contributed by atoms with van der Waals surface area (Å²) in [7, 11) is 0. The summed E-state index contributed by atoms with van der Waals surface area (Å²) in [5.41, 5.74) is 3.49. The summed E-state index contributed by atoms with van der Waals surface area (Å²) < 4.78 is 0. The Hall–Kier alpha value is -2.26. The first-order valence-electron chi connectivity index (χ1n) is 7.74. The predicted octanol–water partition coefficient (Wildman–Crippen LogP) is 4.80. The van der Waals surface area contributed by atoms with Crippen molar-refractivity contribution in [1.29, 1.82) is 0 Å². The van der Waals surface area contributed by atoms with E-state index in [4.69, 9.17) is 11.6 Å². The first kappa shape index (κ1) is 14.3. The number of nitrogens with one attached hydrogen (secondary N) is 2. The molecule has 2 N–H and O–H groups in total. The number of amides is 1.